The minimum Gasteiger partial charge on any atom is -0.258 e. The molecule has 62 valence electrons. The molecule has 0 aromatic heterocycles. The molecule has 2 nitrogen and oxygen atoms in total. The Morgan fingerprint density at radius 3 is 2.83 bits per heavy atom. The fraction of sp³-hybridized carbons (Fsp3) is 0.250. The van der Waals surface area contributed by atoms with Crippen molar-refractivity contribution in [1.82, 2.24) is 0 Å². The summed E-state index contributed by atoms with van der Waals surface area (Å²) in [6.45, 7) is 0.520. The Hall–Kier alpha value is -0.540. The third-order valence-corrected chi connectivity index (χ3v) is 2.82. The maximum atomic E-state index is 5.94. The lowest BCUT2D eigenvalue weighted by Crippen LogP contribution is -2.24. The van der Waals surface area contributed by atoms with Gasteiger partial charge in [-0.15, -0.1) is 11.8 Å². The van der Waals surface area contributed by atoms with Crippen LogP contribution in [0.1, 0.15) is 0 Å². The number of benzene rings is 1. The molecule has 1 aromatic carbocycles. The van der Waals surface area contributed by atoms with E-state index in [4.69, 9.17) is 11.6 Å². The quantitative estimate of drug-likeness (QED) is 0.624. The summed E-state index contributed by atoms with van der Waals surface area (Å²) in [6, 6.07) is 3.85. The number of hydrogen-bond acceptors (Lipinski definition) is 3. The van der Waals surface area contributed by atoms with Crippen LogP contribution in [0.4, 0.5) is 0 Å². The molecule has 4 heteroatoms. The molecule has 0 saturated carbocycles. The molecule has 0 unspecified atom stereocenters. The Morgan fingerprint density at radius 1 is 1.33 bits per heavy atom. The molecule has 0 N–H and O–H groups in total. The lowest BCUT2D eigenvalue weighted by atomic mass is 10.3. The SMILES string of the molecule is CSc1ccc(Cl)c2c1=NCN=2. The number of hydrogen-bond donors (Lipinski definition) is 0. The number of rotatable bonds is 1. The van der Waals surface area contributed by atoms with Crippen molar-refractivity contribution in [3.05, 3.63) is 27.9 Å². The van der Waals surface area contributed by atoms with E-state index in [2.05, 4.69) is 9.98 Å². The second kappa shape index (κ2) is 3.07. The van der Waals surface area contributed by atoms with Gasteiger partial charge in [0, 0.05) is 4.90 Å². The summed E-state index contributed by atoms with van der Waals surface area (Å²) in [4.78, 5) is 9.60. The van der Waals surface area contributed by atoms with E-state index in [0.717, 1.165) is 15.6 Å². The molecule has 0 fully saturated rings. The first-order valence-electron chi connectivity index (χ1n) is 3.54. The number of nitrogens with zero attached hydrogens (tertiary/aromatic N) is 2. The van der Waals surface area contributed by atoms with Crippen LogP contribution in [0.3, 0.4) is 0 Å². The fourth-order valence-electron chi connectivity index (χ4n) is 1.18. The van der Waals surface area contributed by atoms with Gasteiger partial charge in [0.05, 0.1) is 5.02 Å². The minimum absolute atomic E-state index is 0.520. The highest BCUT2D eigenvalue weighted by molar-refractivity contribution is 7.98. The zero-order valence-corrected chi connectivity index (χ0v) is 8.11. The molecule has 0 atom stereocenters. The first-order valence-corrected chi connectivity index (χ1v) is 5.14. The van der Waals surface area contributed by atoms with Gasteiger partial charge in [-0.25, -0.2) is 0 Å². The first kappa shape index (κ1) is 8.08. The second-order valence-electron chi connectivity index (χ2n) is 2.40. The lowest BCUT2D eigenvalue weighted by Gasteiger charge is -1.95. The lowest BCUT2D eigenvalue weighted by molar-refractivity contribution is 1.05. The van der Waals surface area contributed by atoms with Gasteiger partial charge in [0.1, 0.15) is 17.4 Å². The van der Waals surface area contributed by atoms with E-state index >= 15 is 0 Å². The molecular weight excluding hydrogens is 192 g/mol. The standard InChI is InChI=1S/C8H7ClN2S/c1-12-6-3-2-5(9)7-8(6)11-4-10-7/h2-3H,4H2,1H3. The van der Waals surface area contributed by atoms with Gasteiger partial charge in [-0.3, -0.25) is 9.98 Å². The molecule has 0 bridgehead atoms. The molecule has 0 spiro atoms. The highest BCUT2D eigenvalue weighted by Crippen LogP contribution is 2.10. The first-order chi connectivity index (χ1) is 5.83. The van der Waals surface area contributed by atoms with Crippen LogP contribution in [-0.4, -0.2) is 12.9 Å². The summed E-state index contributed by atoms with van der Waals surface area (Å²) < 4.78 is 0. The van der Waals surface area contributed by atoms with Crippen LogP contribution >= 0.6 is 23.4 Å². The zero-order chi connectivity index (χ0) is 8.55. The van der Waals surface area contributed by atoms with Crippen LogP contribution < -0.4 is 10.7 Å². The predicted octanol–water partition coefficient (Wildman–Crippen LogP) is 1.27. The van der Waals surface area contributed by atoms with Crippen molar-refractivity contribution in [2.75, 3.05) is 12.9 Å². The van der Waals surface area contributed by atoms with Gasteiger partial charge in [-0.1, -0.05) is 11.6 Å². The van der Waals surface area contributed by atoms with Crippen molar-refractivity contribution >= 4 is 23.4 Å². The van der Waals surface area contributed by atoms with E-state index in [1.807, 2.05) is 18.4 Å². The molecule has 12 heavy (non-hydrogen) atoms. The van der Waals surface area contributed by atoms with Gasteiger partial charge >= 0.3 is 0 Å². The van der Waals surface area contributed by atoms with Gasteiger partial charge in [-0.05, 0) is 18.4 Å². The summed E-state index contributed by atoms with van der Waals surface area (Å²) in [5.41, 5.74) is 0. The van der Waals surface area contributed by atoms with Crippen LogP contribution in [0.5, 0.6) is 0 Å². The Bertz CT molecular complexity index is 427. The monoisotopic (exact) mass is 198 g/mol. The molecule has 0 aliphatic carbocycles. The number of halogens is 1. The van der Waals surface area contributed by atoms with E-state index in [9.17, 15) is 0 Å². The highest BCUT2D eigenvalue weighted by Gasteiger charge is 2.05. The van der Waals surface area contributed by atoms with Gasteiger partial charge in [-0.2, -0.15) is 0 Å². The highest BCUT2D eigenvalue weighted by atomic mass is 35.5. The zero-order valence-electron chi connectivity index (χ0n) is 6.54. The number of fused-ring (bicyclic) bond motifs is 1. The fourth-order valence-corrected chi connectivity index (χ4v) is 1.95. The van der Waals surface area contributed by atoms with Crippen molar-refractivity contribution < 1.29 is 0 Å². The van der Waals surface area contributed by atoms with Crippen molar-refractivity contribution in [3.8, 4) is 0 Å². The molecule has 0 radical (unpaired) electrons. The third-order valence-electron chi connectivity index (χ3n) is 1.74. The molecule has 1 aliphatic rings. The van der Waals surface area contributed by atoms with E-state index in [-0.39, 0.29) is 0 Å². The topological polar surface area (TPSA) is 24.7 Å². The smallest absolute Gasteiger partial charge is 0.131 e. The van der Waals surface area contributed by atoms with Crippen molar-refractivity contribution in [2.45, 2.75) is 4.90 Å². The van der Waals surface area contributed by atoms with Crippen molar-refractivity contribution in [2.24, 2.45) is 9.98 Å². The van der Waals surface area contributed by atoms with E-state index < -0.39 is 0 Å². The van der Waals surface area contributed by atoms with E-state index in [1.165, 1.54) is 0 Å². The van der Waals surface area contributed by atoms with Crippen LogP contribution in [0.25, 0.3) is 0 Å². The van der Waals surface area contributed by atoms with E-state index in [0.29, 0.717) is 11.7 Å². The predicted molar refractivity (Wildman–Crippen MR) is 50.4 cm³/mol. The van der Waals surface area contributed by atoms with E-state index in [1.54, 1.807) is 11.8 Å². The molecular formula is C8H7ClN2S. The maximum absolute atomic E-state index is 5.94. The average Bonchev–Trinajstić information content (AvgIpc) is 2.54. The molecule has 1 aromatic rings. The Labute approximate surface area is 79.4 Å². The maximum Gasteiger partial charge on any atom is 0.131 e. The Balaban J connectivity index is 2.84. The third kappa shape index (κ3) is 1.13. The minimum atomic E-state index is 0.520. The summed E-state index contributed by atoms with van der Waals surface area (Å²) in [7, 11) is 0. The molecule has 0 saturated heterocycles. The number of thioether (sulfide) groups is 1. The second-order valence-corrected chi connectivity index (χ2v) is 3.66. The molecule has 1 aliphatic heterocycles. The van der Waals surface area contributed by atoms with Crippen LogP contribution in [0.2, 0.25) is 5.02 Å². The van der Waals surface area contributed by atoms with Gasteiger partial charge in [0.15, 0.2) is 0 Å². The Kier molecular flexibility index (Phi) is 2.07. The summed E-state index contributed by atoms with van der Waals surface area (Å²) in [6.07, 6.45) is 2.03. The Morgan fingerprint density at radius 2 is 2.08 bits per heavy atom. The molecule has 1 heterocycles. The largest absolute Gasteiger partial charge is 0.258 e. The van der Waals surface area contributed by atoms with Crippen LogP contribution in [-0.2, 0) is 0 Å². The molecule has 0 amide bonds. The van der Waals surface area contributed by atoms with Crippen molar-refractivity contribution in [1.29, 1.82) is 0 Å². The van der Waals surface area contributed by atoms with Crippen LogP contribution in [0.15, 0.2) is 27.0 Å². The average molecular weight is 199 g/mol. The van der Waals surface area contributed by atoms with Crippen LogP contribution in [0, 0.1) is 0 Å². The molecule has 2 rings (SSSR count). The van der Waals surface area contributed by atoms with Crippen molar-refractivity contribution in [3.63, 3.8) is 0 Å². The summed E-state index contributed by atoms with van der Waals surface area (Å²) >= 11 is 7.61. The summed E-state index contributed by atoms with van der Waals surface area (Å²) in [5.74, 6) is 0. The normalized spacial score (nSPS) is 13.5. The van der Waals surface area contributed by atoms with Gasteiger partial charge < -0.3 is 0 Å². The summed E-state index contributed by atoms with van der Waals surface area (Å²) in [5, 5.41) is 2.50. The van der Waals surface area contributed by atoms with Gasteiger partial charge in [0.2, 0.25) is 0 Å². The van der Waals surface area contributed by atoms with Gasteiger partial charge in [0.25, 0.3) is 0 Å².